The number of benzene rings is 3. The first kappa shape index (κ1) is 27.6. The number of amidine groups is 1. The quantitative estimate of drug-likeness (QED) is 0.347. The predicted molar refractivity (Wildman–Crippen MR) is 155 cm³/mol. The number of anilines is 2. The summed E-state index contributed by atoms with van der Waals surface area (Å²) in [7, 11) is 4.59. The first-order valence-corrected chi connectivity index (χ1v) is 13.1. The molecule has 0 bridgehead atoms. The van der Waals surface area contributed by atoms with Crippen molar-refractivity contribution in [3.8, 4) is 17.2 Å². The fourth-order valence-corrected chi connectivity index (χ4v) is 4.83. The van der Waals surface area contributed by atoms with E-state index in [1.807, 2.05) is 67.6 Å². The van der Waals surface area contributed by atoms with Crippen molar-refractivity contribution in [3.63, 3.8) is 0 Å². The van der Waals surface area contributed by atoms with Crippen molar-refractivity contribution in [1.82, 2.24) is 5.32 Å². The Bertz CT molecular complexity index is 1370. The zero-order chi connectivity index (χ0) is 27.8. The fourth-order valence-electron chi connectivity index (χ4n) is 4.09. The molecule has 202 valence electrons. The summed E-state index contributed by atoms with van der Waals surface area (Å²) in [5.74, 6) is 0.968. The second-order valence-electron chi connectivity index (χ2n) is 8.48. The maximum absolute atomic E-state index is 13.5. The molecule has 1 aliphatic rings. The Labute approximate surface area is 231 Å². The standard InChI is InChI=1S/C29H30N4O5S/c1-18-25(28(35)32-21-13-9-6-10-14-21)26(19-15-22(36-2)27(38-4)23(16-19)37-3)33-29(30-18)39-17-24(34)31-20-11-7-5-8-12-20/h5-16,26H,17H2,1-4H3,(H,30,33)(H,31,34)(H,32,35)/t26-/m0/s1. The smallest absolute Gasteiger partial charge is 0.255 e. The second-order valence-corrected chi connectivity index (χ2v) is 9.45. The highest BCUT2D eigenvalue weighted by Gasteiger charge is 2.31. The van der Waals surface area contributed by atoms with Crippen molar-refractivity contribution < 1.29 is 23.8 Å². The number of hydrogen-bond acceptors (Lipinski definition) is 8. The molecule has 1 aliphatic heterocycles. The van der Waals surface area contributed by atoms with Gasteiger partial charge in [-0.2, -0.15) is 0 Å². The highest BCUT2D eigenvalue weighted by atomic mass is 32.2. The van der Waals surface area contributed by atoms with Crippen molar-refractivity contribution in [2.75, 3.05) is 37.7 Å². The second kappa shape index (κ2) is 12.9. The summed E-state index contributed by atoms with van der Waals surface area (Å²) in [5.41, 5.74) is 3.07. The number of ether oxygens (including phenoxy) is 3. The van der Waals surface area contributed by atoms with Crippen LogP contribution in [0.2, 0.25) is 0 Å². The van der Waals surface area contributed by atoms with Gasteiger partial charge in [0.2, 0.25) is 11.7 Å². The molecule has 0 saturated heterocycles. The minimum absolute atomic E-state index is 0.127. The molecule has 3 aromatic rings. The van der Waals surface area contributed by atoms with Crippen molar-refractivity contribution in [1.29, 1.82) is 0 Å². The summed E-state index contributed by atoms with van der Waals surface area (Å²) in [5, 5.41) is 9.52. The molecule has 3 N–H and O–H groups in total. The molecule has 9 nitrogen and oxygen atoms in total. The van der Waals surface area contributed by atoms with Crippen molar-refractivity contribution in [2.24, 2.45) is 4.99 Å². The van der Waals surface area contributed by atoms with Gasteiger partial charge in [-0.3, -0.25) is 9.59 Å². The van der Waals surface area contributed by atoms with Crippen molar-refractivity contribution in [3.05, 3.63) is 89.6 Å². The number of rotatable bonds is 9. The van der Waals surface area contributed by atoms with Gasteiger partial charge in [0.15, 0.2) is 16.7 Å². The van der Waals surface area contributed by atoms with Crippen LogP contribution >= 0.6 is 11.8 Å². The Morgan fingerprint density at radius 2 is 1.44 bits per heavy atom. The van der Waals surface area contributed by atoms with Gasteiger partial charge in [-0.25, -0.2) is 4.99 Å². The topological polar surface area (TPSA) is 110 Å². The van der Waals surface area contributed by atoms with E-state index in [-0.39, 0.29) is 17.6 Å². The van der Waals surface area contributed by atoms with E-state index in [9.17, 15) is 9.59 Å². The van der Waals surface area contributed by atoms with E-state index in [4.69, 9.17) is 19.2 Å². The molecule has 0 radical (unpaired) electrons. The van der Waals surface area contributed by atoms with E-state index in [0.717, 1.165) is 0 Å². The summed E-state index contributed by atoms with van der Waals surface area (Å²) in [6.45, 7) is 1.81. The molecule has 0 unspecified atom stereocenters. The minimum atomic E-state index is -0.705. The number of nitrogens with one attached hydrogen (secondary N) is 3. The number of methoxy groups -OCH3 is 3. The van der Waals surface area contributed by atoms with E-state index in [2.05, 4.69) is 16.0 Å². The molecule has 4 rings (SSSR count). The predicted octanol–water partition coefficient (Wildman–Crippen LogP) is 5.00. The van der Waals surface area contributed by atoms with Gasteiger partial charge in [-0.1, -0.05) is 48.2 Å². The van der Waals surface area contributed by atoms with Crippen LogP contribution < -0.4 is 30.2 Å². The van der Waals surface area contributed by atoms with E-state index in [0.29, 0.717) is 50.6 Å². The van der Waals surface area contributed by atoms with E-state index in [1.165, 1.54) is 33.1 Å². The van der Waals surface area contributed by atoms with Crippen LogP contribution in [0.5, 0.6) is 17.2 Å². The summed E-state index contributed by atoms with van der Waals surface area (Å²) in [4.78, 5) is 30.9. The number of nitrogens with zero attached hydrogens (tertiary/aromatic N) is 1. The highest BCUT2D eigenvalue weighted by molar-refractivity contribution is 8.14. The third-order valence-electron chi connectivity index (χ3n) is 5.89. The average Bonchev–Trinajstić information content (AvgIpc) is 2.95. The first-order chi connectivity index (χ1) is 18.9. The molecular weight excluding hydrogens is 516 g/mol. The largest absolute Gasteiger partial charge is 0.493 e. The van der Waals surface area contributed by atoms with Gasteiger partial charge >= 0.3 is 0 Å². The monoisotopic (exact) mass is 546 g/mol. The molecule has 0 aromatic heterocycles. The maximum Gasteiger partial charge on any atom is 0.255 e. The number of para-hydroxylation sites is 2. The fraction of sp³-hybridized carbons (Fsp3) is 0.207. The number of hydrogen-bond donors (Lipinski definition) is 3. The molecule has 0 saturated carbocycles. The number of aliphatic imine (C=N–C) groups is 1. The molecule has 1 heterocycles. The van der Waals surface area contributed by atoms with Crippen LogP contribution in [0.25, 0.3) is 0 Å². The lowest BCUT2D eigenvalue weighted by Gasteiger charge is -2.27. The van der Waals surface area contributed by atoms with Gasteiger partial charge in [-0.15, -0.1) is 0 Å². The molecule has 10 heteroatoms. The van der Waals surface area contributed by atoms with Gasteiger partial charge in [0.1, 0.15) is 6.04 Å². The number of amides is 2. The van der Waals surface area contributed by atoms with Crippen LogP contribution in [0, 0.1) is 0 Å². The zero-order valence-corrected chi connectivity index (χ0v) is 22.9. The van der Waals surface area contributed by atoms with E-state index < -0.39 is 6.04 Å². The highest BCUT2D eigenvalue weighted by Crippen LogP contribution is 2.43. The number of thioether (sulfide) groups is 1. The molecule has 0 aliphatic carbocycles. The third-order valence-corrected chi connectivity index (χ3v) is 6.78. The van der Waals surface area contributed by atoms with Crippen LogP contribution in [0.1, 0.15) is 18.5 Å². The normalized spacial score (nSPS) is 14.6. The molecule has 1 atom stereocenters. The molecule has 2 amide bonds. The van der Waals surface area contributed by atoms with Crippen LogP contribution in [0.3, 0.4) is 0 Å². The molecule has 3 aromatic carbocycles. The van der Waals surface area contributed by atoms with Gasteiger partial charge in [-0.05, 0) is 48.9 Å². The number of carbonyl (C=O) groups excluding carboxylic acids is 2. The lowest BCUT2D eigenvalue weighted by Crippen LogP contribution is -2.32. The number of carbonyl (C=O) groups is 2. The lowest BCUT2D eigenvalue weighted by atomic mass is 9.95. The van der Waals surface area contributed by atoms with E-state index in [1.54, 1.807) is 12.1 Å². The summed E-state index contributed by atoms with van der Waals surface area (Å²) in [6.07, 6.45) is 0. The van der Waals surface area contributed by atoms with Crippen LogP contribution in [0.4, 0.5) is 11.4 Å². The van der Waals surface area contributed by atoms with Gasteiger partial charge in [0.05, 0.1) is 32.7 Å². The Morgan fingerprint density at radius 1 is 0.872 bits per heavy atom. The third kappa shape index (κ3) is 6.71. The summed E-state index contributed by atoms with van der Waals surface area (Å²) < 4.78 is 16.6. The minimum Gasteiger partial charge on any atom is -0.493 e. The zero-order valence-electron chi connectivity index (χ0n) is 22.1. The van der Waals surface area contributed by atoms with E-state index >= 15 is 0 Å². The van der Waals surface area contributed by atoms with Gasteiger partial charge in [0.25, 0.3) is 5.91 Å². The Balaban J connectivity index is 1.65. The lowest BCUT2D eigenvalue weighted by molar-refractivity contribution is -0.114. The number of allylic oxidation sites excluding steroid dienone is 1. The average molecular weight is 547 g/mol. The molecule has 39 heavy (non-hydrogen) atoms. The molecule has 0 fully saturated rings. The maximum atomic E-state index is 13.5. The van der Waals surface area contributed by atoms with Crippen molar-refractivity contribution in [2.45, 2.75) is 13.0 Å². The van der Waals surface area contributed by atoms with Crippen LogP contribution in [-0.4, -0.2) is 44.1 Å². The van der Waals surface area contributed by atoms with Gasteiger partial charge in [0, 0.05) is 17.1 Å². The summed E-state index contributed by atoms with van der Waals surface area (Å²) in [6, 6.07) is 21.3. The van der Waals surface area contributed by atoms with Crippen LogP contribution in [-0.2, 0) is 9.59 Å². The van der Waals surface area contributed by atoms with Crippen molar-refractivity contribution >= 4 is 40.1 Å². The Morgan fingerprint density at radius 3 is 1.97 bits per heavy atom. The Kier molecular flexibility index (Phi) is 9.11. The van der Waals surface area contributed by atoms with Gasteiger partial charge < -0.3 is 30.2 Å². The SMILES string of the molecule is COc1cc([C@@H]2N=C(SCC(=O)Nc3ccccc3)NC(C)=C2C(=O)Nc2ccccc2)cc(OC)c1OC. The van der Waals surface area contributed by atoms with Crippen LogP contribution in [0.15, 0.2) is 89.1 Å². The molecular formula is C29H30N4O5S. The summed E-state index contributed by atoms with van der Waals surface area (Å²) >= 11 is 1.25. The molecule has 0 spiro atoms. The first-order valence-electron chi connectivity index (χ1n) is 12.1. The Hall–Kier alpha value is -4.44.